The number of rotatable bonds is 12. The van der Waals surface area contributed by atoms with Crippen LogP contribution in [0.1, 0.15) is 12.8 Å². The summed E-state index contributed by atoms with van der Waals surface area (Å²) in [6.07, 6.45) is 0.731. The van der Waals surface area contributed by atoms with Crippen LogP contribution in [0.25, 0.3) is 0 Å². The zero-order valence-electron chi connectivity index (χ0n) is 20.8. The lowest BCUT2D eigenvalue weighted by Crippen LogP contribution is -2.53. The largest absolute Gasteiger partial charge is 0.480 e. The molecule has 3 amide bonds. The molecule has 2 fully saturated rings. The monoisotopic (exact) mass is 513 g/mol. The van der Waals surface area contributed by atoms with Gasteiger partial charge in [0.25, 0.3) is 0 Å². The summed E-state index contributed by atoms with van der Waals surface area (Å²) in [6, 6.07) is 0. The molecule has 0 radical (unpaired) electrons. The molecule has 36 heavy (non-hydrogen) atoms. The highest BCUT2D eigenvalue weighted by atomic mass is 16.4. The van der Waals surface area contributed by atoms with E-state index in [0.29, 0.717) is 78.4 Å². The Bertz CT molecular complexity index is 746. The fourth-order valence-electron chi connectivity index (χ4n) is 4.24. The Balaban J connectivity index is 1.80. The van der Waals surface area contributed by atoms with Crippen molar-refractivity contribution in [2.75, 3.05) is 98.2 Å². The van der Waals surface area contributed by atoms with Gasteiger partial charge >= 0.3 is 11.9 Å². The summed E-state index contributed by atoms with van der Waals surface area (Å²) in [5.74, 6) is -2.46. The summed E-state index contributed by atoms with van der Waals surface area (Å²) < 4.78 is 0. The normalized spacial score (nSPS) is 19.2. The number of nitrogens with one attached hydrogen (secondary N) is 1. The molecule has 2 aliphatic heterocycles. The van der Waals surface area contributed by atoms with Crippen molar-refractivity contribution in [3.63, 3.8) is 0 Å². The number of aliphatic carboxylic acids is 2. The number of hydrogen-bond donors (Lipinski definition) is 4. The number of primary amides is 1. The number of amides is 3. The highest BCUT2D eigenvalue weighted by Crippen LogP contribution is 2.06. The first kappa shape index (κ1) is 29.4. The summed E-state index contributed by atoms with van der Waals surface area (Å²) >= 11 is 0. The lowest BCUT2D eigenvalue weighted by molar-refractivity contribution is -0.140. The highest BCUT2D eigenvalue weighted by molar-refractivity contribution is 5.79. The Morgan fingerprint density at radius 3 is 1.50 bits per heavy atom. The topological polar surface area (TPSA) is 180 Å². The van der Waals surface area contributed by atoms with Crippen molar-refractivity contribution in [2.45, 2.75) is 12.8 Å². The molecule has 2 rings (SSSR count). The molecule has 5 N–H and O–H groups in total. The van der Waals surface area contributed by atoms with E-state index in [-0.39, 0.29) is 44.4 Å². The maximum Gasteiger partial charge on any atom is 0.317 e. The zero-order valence-corrected chi connectivity index (χ0v) is 20.8. The number of carboxylic acids is 2. The Labute approximate surface area is 210 Å². The van der Waals surface area contributed by atoms with Crippen molar-refractivity contribution in [1.29, 1.82) is 0 Å². The van der Waals surface area contributed by atoms with Crippen molar-refractivity contribution < 1.29 is 34.2 Å². The number of piperazine rings is 1. The number of carbonyl (C=O) groups is 5. The van der Waals surface area contributed by atoms with Crippen molar-refractivity contribution in [2.24, 2.45) is 5.73 Å². The van der Waals surface area contributed by atoms with Crippen LogP contribution in [0.2, 0.25) is 0 Å². The summed E-state index contributed by atoms with van der Waals surface area (Å²) in [6.45, 7) is 5.51. The molecule has 204 valence electrons. The molecule has 0 saturated carbocycles. The first-order chi connectivity index (χ1) is 17.1. The standard InChI is InChI=1S/C22H39N7O7/c23-18(30)2-1-3-24-19(31)14-25-10-12-29(13-11-25)20(32)15-26-4-6-27(16-21(33)34)8-9-28(7-5-26)17-22(35)36/h1-17H2,(H2,23,30)(H,24,31)(H,33,34)(H,35,36). The number of nitrogens with two attached hydrogens (primary N) is 1. The van der Waals surface area contributed by atoms with Crippen LogP contribution in [0, 0.1) is 0 Å². The van der Waals surface area contributed by atoms with Gasteiger partial charge in [0.1, 0.15) is 0 Å². The van der Waals surface area contributed by atoms with Crippen LogP contribution in [0.3, 0.4) is 0 Å². The minimum atomic E-state index is -0.945. The van der Waals surface area contributed by atoms with Gasteiger partial charge in [-0.05, 0) is 6.42 Å². The average molecular weight is 514 g/mol. The Kier molecular flexibility index (Phi) is 12.5. The van der Waals surface area contributed by atoms with E-state index in [1.807, 2.05) is 9.80 Å². The van der Waals surface area contributed by atoms with E-state index in [2.05, 4.69) is 5.32 Å². The van der Waals surface area contributed by atoms with Gasteiger partial charge in [-0.25, -0.2) is 0 Å². The predicted molar refractivity (Wildman–Crippen MR) is 129 cm³/mol. The predicted octanol–water partition coefficient (Wildman–Crippen LogP) is -3.40. The first-order valence-corrected chi connectivity index (χ1v) is 12.3. The molecule has 2 saturated heterocycles. The zero-order chi connectivity index (χ0) is 26.5. The average Bonchev–Trinajstić information content (AvgIpc) is 2.88. The van der Waals surface area contributed by atoms with Crippen LogP contribution in [0.15, 0.2) is 0 Å². The van der Waals surface area contributed by atoms with E-state index in [4.69, 9.17) is 5.73 Å². The van der Waals surface area contributed by atoms with E-state index in [1.165, 1.54) is 0 Å². The van der Waals surface area contributed by atoms with Gasteiger partial charge in [-0.2, -0.15) is 0 Å². The number of carbonyl (C=O) groups excluding carboxylic acids is 3. The van der Waals surface area contributed by atoms with Crippen molar-refractivity contribution >= 4 is 29.7 Å². The first-order valence-electron chi connectivity index (χ1n) is 12.3. The summed E-state index contributed by atoms with van der Waals surface area (Å²) in [7, 11) is 0. The van der Waals surface area contributed by atoms with Crippen LogP contribution in [0.5, 0.6) is 0 Å². The molecule has 0 atom stereocenters. The van der Waals surface area contributed by atoms with Crippen LogP contribution in [-0.4, -0.2) is 163 Å². The van der Waals surface area contributed by atoms with Crippen LogP contribution in [-0.2, 0) is 24.0 Å². The molecule has 2 aliphatic rings. The number of carboxylic acid groups (broad SMARTS) is 2. The third-order valence-corrected chi connectivity index (χ3v) is 6.29. The maximum absolute atomic E-state index is 13.0. The highest BCUT2D eigenvalue weighted by Gasteiger charge is 2.25. The van der Waals surface area contributed by atoms with Gasteiger partial charge < -0.3 is 26.2 Å². The second-order valence-corrected chi connectivity index (χ2v) is 9.19. The second kappa shape index (κ2) is 15.3. The molecular weight excluding hydrogens is 474 g/mol. The SMILES string of the molecule is NC(=O)CCCNC(=O)CN1CCN(C(=O)CN2CCN(CC(=O)O)CCN(CC(=O)O)CC2)CC1. The van der Waals surface area contributed by atoms with Gasteiger partial charge in [-0.1, -0.05) is 0 Å². The van der Waals surface area contributed by atoms with Crippen molar-refractivity contribution in [3.05, 3.63) is 0 Å². The summed E-state index contributed by atoms with van der Waals surface area (Å²) in [5, 5.41) is 21.1. The quantitative estimate of drug-likeness (QED) is 0.191. The van der Waals surface area contributed by atoms with Gasteiger partial charge in [0.15, 0.2) is 0 Å². The molecule has 14 nitrogen and oxygen atoms in total. The van der Waals surface area contributed by atoms with E-state index in [9.17, 15) is 34.2 Å². The van der Waals surface area contributed by atoms with Gasteiger partial charge in [-0.15, -0.1) is 0 Å². The van der Waals surface area contributed by atoms with Crippen LogP contribution in [0.4, 0.5) is 0 Å². The lowest BCUT2D eigenvalue weighted by Gasteiger charge is -2.35. The van der Waals surface area contributed by atoms with Gasteiger partial charge in [0.2, 0.25) is 17.7 Å². The lowest BCUT2D eigenvalue weighted by atomic mass is 10.2. The van der Waals surface area contributed by atoms with E-state index in [1.54, 1.807) is 14.7 Å². The maximum atomic E-state index is 13.0. The Hall–Kier alpha value is -2.81. The fourth-order valence-corrected chi connectivity index (χ4v) is 4.24. The third-order valence-electron chi connectivity index (χ3n) is 6.29. The minimum Gasteiger partial charge on any atom is -0.480 e. The summed E-state index contributed by atoms with van der Waals surface area (Å²) in [5.41, 5.74) is 5.08. The molecule has 2 heterocycles. The number of hydrogen-bond acceptors (Lipinski definition) is 9. The van der Waals surface area contributed by atoms with Crippen LogP contribution >= 0.6 is 0 Å². The van der Waals surface area contributed by atoms with Crippen LogP contribution < -0.4 is 11.1 Å². The van der Waals surface area contributed by atoms with E-state index >= 15 is 0 Å². The van der Waals surface area contributed by atoms with E-state index in [0.717, 1.165) is 0 Å². The molecule has 0 unspecified atom stereocenters. The third kappa shape index (κ3) is 11.7. The number of nitrogens with zero attached hydrogens (tertiary/aromatic N) is 5. The van der Waals surface area contributed by atoms with Gasteiger partial charge in [0, 0.05) is 78.4 Å². The fraction of sp³-hybridized carbons (Fsp3) is 0.773. The van der Waals surface area contributed by atoms with Gasteiger partial charge in [-0.3, -0.25) is 43.6 Å². The molecule has 0 aliphatic carbocycles. The second-order valence-electron chi connectivity index (χ2n) is 9.19. The van der Waals surface area contributed by atoms with Crippen molar-refractivity contribution in [3.8, 4) is 0 Å². The molecule has 14 heteroatoms. The molecule has 0 bridgehead atoms. The molecule has 0 spiro atoms. The molecule has 0 aromatic carbocycles. The van der Waals surface area contributed by atoms with Gasteiger partial charge in [0.05, 0.1) is 26.2 Å². The molecule has 0 aromatic rings. The summed E-state index contributed by atoms with van der Waals surface area (Å²) in [4.78, 5) is 67.4. The Morgan fingerprint density at radius 1 is 0.639 bits per heavy atom. The minimum absolute atomic E-state index is 0.0423. The molecular formula is C22H39N7O7. The smallest absolute Gasteiger partial charge is 0.317 e. The van der Waals surface area contributed by atoms with Crippen molar-refractivity contribution in [1.82, 2.24) is 29.8 Å². The molecule has 0 aromatic heterocycles. The van der Waals surface area contributed by atoms with E-state index < -0.39 is 17.8 Å². The Morgan fingerprint density at radius 2 is 1.06 bits per heavy atom.